The van der Waals surface area contributed by atoms with E-state index in [9.17, 15) is 0 Å². The topological polar surface area (TPSA) is 68.6 Å². The van der Waals surface area contributed by atoms with Gasteiger partial charge < -0.3 is 9.88 Å². The molecule has 0 amide bonds. The zero-order chi connectivity index (χ0) is 13.9. The summed E-state index contributed by atoms with van der Waals surface area (Å²) in [6, 6.07) is 10.2. The molecule has 0 atom stereocenters. The lowest BCUT2D eigenvalue weighted by atomic mass is 10.1. The summed E-state index contributed by atoms with van der Waals surface area (Å²) in [5.41, 5.74) is 3.12. The van der Waals surface area contributed by atoms with Gasteiger partial charge in [0.15, 0.2) is 0 Å². The van der Waals surface area contributed by atoms with Crippen LogP contribution in [-0.2, 0) is 0 Å². The van der Waals surface area contributed by atoms with Crippen molar-refractivity contribution in [2.45, 2.75) is 0 Å². The number of fused-ring (bicyclic) bond motifs is 1. The molecular formula is C15H13N5. The van der Waals surface area contributed by atoms with E-state index < -0.39 is 0 Å². The second kappa shape index (κ2) is 5.02. The standard InChI is InChI=1S/C15H13N5/c1-20(7-6-16)15-18-8-11(9-19-15)13-10-17-14-5-3-2-4-12(13)14/h2-5,8-10,17H,7H2,1H3. The molecule has 0 saturated carbocycles. The van der Waals surface area contributed by atoms with Crippen molar-refractivity contribution in [2.75, 3.05) is 18.5 Å². The van der Waals surface area contributed by atoms with E-state index in [4.69, 9.17) is 5.26 Å². The van der Waals surface area contributed by atoms with Crippen LogP contribution in [0.5, 0.6) is 0 Å². The first-order valence-corrected chi connectivity index (χ1v) is 6.26. The molecule has 1 N–H and O–H groups in total. The largest absolute Gasteiger partial charge is 0.361 e. The van der Waals surface area contributed by atoms with Gasteiger partial charge in [-0.05, 0) is 6.07 Å². The van der Waals surface area contributed by atoms with Crippen molar-refractivity contribution in [3.05, 3.63) is 42.9 Å². The van der Waals surface area contributed by atoms with Crippen LogP contribution < -0.4 is 4.90 Å². The van der Waals surface area contributed by atoms with Crippen LogP contribution in [-0.4, -0.2) is 28.5 Å². The highest BCUT2D eigenvalue weighted by Crippen LogP contribution is 2.27. The van der Waals surface area contributed by atoms with Crippen molar-refractivity contribution < 1.29 is 0 Å². The van der Waals surface area contributed by atoms with Gasteiger partial charge in [0.05, 0.1) is 6.07 Å². The maximum Gasteiger partial charge on any atom is 0.225 e. The van der Waals surface area contributed by atoms with E-state index in [1.54, 1.807) is 24.3 Å². The zero-order valence-corrected chi connectivity index (χ0v) is 11.0. The number of nitrogens with one attached hydrogen (secondary N) is 1. The van der Waals surface area contributed by atoms with E-state index in [1.165, 1.54) is 0 Å². The smallest absolute Gasteiger partial charge is 0.225 e. The third-order valence-corrected chi connectivity index (χ3v) is 3.19. The molecule has 0 aliphatic rings. The van der Waals surface area contributed by atoms with Gasteiger partial charge in [0, 0.05) is 47.7 Å². The van der Waals surface area contributed by atoms with Crippen molar-refractivity contribution in [3.8, 4) is 17.2 Å². The van der Waals surface area contributed by atoms with Crippen LogP contribution >= 0.6 is 0 Å². The second-order valence-electron chi connectivity index (χ2n) is 4.53. The van der Waals surface area contributed by atoms with Gasteiger partial charge in [-0.2, -0.15) is 5.26 Å². The Kier molecular flexibility index (Phi) is 3.05. The minimum atomic E-state index is 0.270. The molecule has 0 unspecified atom stereocenters. The van der Waals surface area contributed by atoms with Gasteiger partial charge in [-0.15, -0.1) is 0 Å². The fourth-order valence-corrected chi connectivity index (χ4v) is 2.14. The van der Waals surface area contributed by atoms with Gasteiger partial charge in [0.25, 0.3) is 0 Å². The molecule has 20 heavy (non-hydrogen) atoms. The molecule has 0 spiro atoms. The second-order valence-corrected chi connectivity index (χ2v) is 4.53. The summed E-state index contributed by atoms with van der Waals surface area (Å²) in [5, 5.41) is 9.82. The molecule has 98 valence electrons. The molecule has 3 rings (SSSR count). The maximum absolute atomic E-state index is 8.67. The molecule has 2 aromatic heterocycles. The van der Waals surface area contributed by atoms with Crippen molar-refractivity contribution in [3.63, 3.8) is 0 Å². The Labute approximate surface area is 116 Å². The molecule has 5 heteroatoms. The highest BCUT2D eigenvalue weighted by atomic mass is 15.2. The van der Waals surface area contributed by atoms with Gasteiger partial charge in [-0.25, -0.2) is 9.97 Å². The molecule has 0 aliphatic carbocycles. The highest BCUT2D eigenvalue weighted by Gasteiger charge is 2.08. The fraction of sp³-hybridized carbons (Fsp3) is 0.133. The molecule has 0 bridgehead atoms. The molecular weight excluding hydrogens is 250 g/mol. The fourth-order valence-electron chi connectivity index (χ4n) is 2.14. The highest BCUT2D eigenvalue weighted by molar-refractivity contribution is 5.95. The summed E-state index contributed by atoms with van der Waals surface area (Å²) >= 11 is 0. The van der Waals surface area contributed by atoms with E-state index >= 15 is 0 Å². The first-order chi connectivity index (χ1) is 9.79. The number of aromatic nitrogens is 3. The maximum atomic E-state index is 8.67. The third kappa shape index (κ3) is 2.08. The minimum absolute atomic E-state index is 0.270. The Morgan fingerprint density at radius 1 is 1.25 bits per heavy atom. The Morgan fingerprint density at radius 2 is 2.00 bits per heavy atom. The Bertz CT molecular complexity index is 767. The zero-order valence-electron chi connectivity index (χ0n) is 11.0. The van der Waals surface area contributed by atoms with Crippen LogP contribution in [0.25, 0.3) is 22.0 Å². The monoisotopic (exact) mass is 263 g/mol. The summed E-state index contributed by atoms with van der Waals surface area (Å²) in [4.78, 5) is 13.6. The Balaban J connectivity index is 1.97. The third-order valence-electron chi connectivity index (χ3n) is 3.19. The lowest BCUT2D eigenvalue weighted by molar-refractivity contribution is 0.947. The normalized spacial score (nSPS) is 10.4. The van der Waals surface area contributed by atoms with Gasteiger partial charge in [-0.3, -0.25) is 0 Å². The summed E-state index contributed by atoms with van der Waals surface area (Å²) in [6.07, 6.45) is 5.53. The average Bonchev–Trinajstić information content (AvgIpc) is 2.92. The van der Waals surface area contributed by atoms with Crippen molar-refractivity contribution >= 4 is 16.9 Å². The summed E-state index contributed by atoms with van der Waals surface area (Å²) in [6.45, 7) is 0.270. The summed E-state index contributed by atoms with van der Waals surface area (Å²) in [5.74, 6) is 0.551. The van der Waals surface area contributed by atoms with Gasteiger partial charge in [0.2, 0.25) is 5.95 Å². The van der Waals surface area contributed by atoms with Gasteiger partial charge in [0.1, 0.15) is 6.54 Å². The molecule has 2 heterocycles. The SMILES string of the molecule is CN(CC#N)c1ncc(-c2c[nH]c3ccccc23)cn1. The van der Waals surface area contributed by atoms with Gasteiger partial charge >= 0.3 is 0 Å². The summed E-state index contributed by atoms with van der Waals surface area (Å²) < 4.78 is 0. The van der Waals surface area contributed by atoms with Gasteiger partial charge in [-0.1, -0.05) is 18.2 Å². The number of aromatic amines is 1. The number of hydrogen-bond donors (Lipinski definition) is 1. The van der Waals surface area contributed by atoms with Crippen LogP contribution in [0.2, 0.25) is 0 Å². The molecule has 0 saturated heterocycles. The average molecular weight is 263 g/mol. The predicted molar refractivity (Wildman–Crippen MR) is 78.2 cm³/mol. The minimum Gasteiger partial charge on any atom is -0.361 e. The Morgan fingerprint density at radius 3 is 2.75 bits per heavy atom. The number of nitriles is 1. The first-order valence-electron chi connectivity index (χ1n) is 6.26. The van der Waals surface area contributed by atoms with Crippen LogP contribution in [0.4, 0.5) is 5.95 Å². The lowest BCUT2D eigenvalue weighted by Gasteiger charge is -2.12. The van der Waals surface area contributed by atoms with Crippen LogP contribution in [0.3, 0.4) is 0 Å². The van der Waals surface area contributed by atoms with E-state index in [0.29, 0.717) is 5.95 Å². The van der Waals surface area contributed by atoms with E-state index in [0.717, 1.165) is 22.0 Å². The van der Waals surface area contributed by atoms with Crippen molar-refractivity contribution in [2.24, 2.45) is 0 Å². The summed E-state index contributed by atoms with van der Waals surface area (Å²) in [7, 11) is 1.80. The van der Waals surface area contributed by atoms with Crippen LogP contribution in [0.15, 0.2) is 42.9 Å². The van der Waals surface area contributed by atoms with Crippen LogP contribution in [0.1, 0.15) is 0 Å². The number of benzene rings is 1. The molecule has 5 nitrogen and oxygen atoms in total. The first kappa shape index (κ1) is 12.2. The molecule has 0 fully saturated rings. The van der Waals surface area contributed by atoms with Crippen LogP contribution in [0, 0.1) is 11.3 Å². The quantitative estimate of drug-likeness (QED) is 0.737. The van der Waals surface area contributed by atoms with E-state index in [-0.39, 0.29) is 6.54 Å². The number of nitrogens with zero attached hydrogens (tertiary/aromatic N) is 4. The number of para-hydroxylation sites is 1. The van der Waals surface area contributed by atoms with Crippen molar-refractivity contribution in [1.29, 1.82) is 5.26 Å². The van der Waals surface area contributed by atoms with E-state index in [2.05, 4.69) is 27.1 Å². The number of anilines is 1. The molecule has 1 aromatic carbocycles. The molecule has 3 aromatic rings. The predicted octanol–water partition coefficient (Wildman–Crippen LogP) is 2.58. The van der Waals surface area contributed by atoms with Crippen molar-refractivity contribution in [1.82, 2.24) is 15.0 Å². The number of rotatable bonds is 3. The van der Waals surface area contributed by atoms with E-state index in [1.807, 2.05) is 24.4 Å². The number of hydrogen-bond acceptors (Lipinski definition) is 4. The Hall–Kier alpha value is -2.87. The molecule has 0 aliphatic heterocycles. The number of H-pyrrole nitrogens is 1. The lowest BCUT2D eigenvalue weighted by Crippen LogP contribution is -2.19. The molecule has 0 radical (unpaired) electrons.